The van der Waals surface area contributed by atoms with Gasteiger partial charge in [-0.05, 0) is 58.2 Å². The summed E-state index contributed by atoms with van der Waals surface area (Å²) in [6.45, 7) is 15.0. The molecule has 0 aromatic rings. The number of nitrogens with zero attached hydrogens (tertiary/aromatic N) is 1. The summed E-state index contributed by atoms with van der Waals surface area (Å²) in [5, 5.41) is 3.83. The number of hydrogen-bond acceptors (Lipinski definition) is 2. The van der Waals surface area contributed by atoms with Crippen molar-refractivity contribution in [3.8, 4) is 0 Å². The van der Waals surface area contributed by atoms with E-state index in [9.17, 15) is 0 Å². The van der Waals surface area contributed by atoms with E-state index in [-0.39, 0.29) is 5.54 Å². The Kier molecular flexibility index (Phi) is 7.83. The molecule has 2 heteroatoms. The van der Waals surface area contributed by atoms with Gasteiger partial charge < -0.3 is 5.32 Å². The van der Waals surface area contributed by atoms with Gasteiger partial charge in [0.2, 0.25) is 0 Å². The van der Waals surface area contributed by atoms with Crippen molar-refractivity contribution in [2.45, 2.75) is 84.7 Å². The fourth-order valence-corrected chi connectivity index (χ4v) is 4.14. The normalized spacial score (nSPS) is 18.2. The molecule has 20 heavy (non-hydrogen) atoms. The average molecular weight is 280 g/mol. The quantitative estimate of drug-likeness (QED) is 0.631. The van der Waals surface area contributed by atoms with Gasteiger partial charge in [0.1, 0.15) is 0 Å². The molecule has 0 fully saturated rings. The lowest BCUT2D eigenvalue weighted by atomic mass is 9.76. The highest BCUT2D eigenvalue weighted by atomic mass is 15.2. The summed E-state index contributed by atoms with van der Waals surface area (Å²) in [5.74, 6) is 0. The zero-order chi connectivity index (χ0) is 15.0. The van der Waals surface area contributed by atoms with Crippen LogP contribution >= 0.6 is 0 Å². The topological polar surface area (TPSA) is 15.3 Å². The van der Waals surface area contributed by atoms with E-state index in [2.05, 4.69) is 50.9 Å². The van der Waals surface area contributed by atoms with Gasteiger partial charge >= 0.3 is 0 Å². The minimum atomic E-state index is 0.280. The first-order valence-electron chi connectivity index (χ1n) is 8.87. The van der Waals surface area contributed by atoms with Crippen molar-refractivity contribution in [3.63, 3.8) is 0 Å². The summed E-state index contributed by atoms with van der Waals surface area (Å²) in [6, 6.07) is 0.530. The second-order valence-electron chi connectivity index (χ2n) is 6.00. The number of hydrogen-bond donors (Lipinski definition) is 1. The Bertz CT molecular complexity index is 288. The summed E-state index contributed by atoms with van der Waals surface area (Å²) in [4.78, 5) is 2.69. The third-order valence-electron chi connectivity index (χ3n) is 5.26. The van der Waals surface area contributed by atoms with Crippen LogP contribution in [-0.4, -0.2) is 36.1 Å². The molecule has 1 N–H and O–H groups in total. The fourth-order valence-electron chi connectivity index (χ4n) is 4.14. The van der Waals surface area contributed by atoms with Gasteiger partial charge in [0.05, 0.1) is 0 Å². The fraction of sp³-hybridized carbons (Fsp3) is 0.889. The van der Waals surface area contributed by atoms with E-state index in [1.165, 1.54) is 38.5 Å². The Morgan fingerprint density at radius 3 is 2.15 bits per heavy atom. The molecular weight excluding hydrogens is 244 g/mol. The zero-order valence-electron chi connectivity index (χ0n) is 14.5. The lowest BCUT2D eigenvalue weighted by Crippen LogP contribution is -2.61. The van der Waals surface area contributed by atoms with E-state index in [1.54, 1.807) is 5.57 Å². The Morgan fingerprint density at radius 1 is 1.10 bits per heavy atom. The maximum atomic E-state index is 3.83. The lowest BCUT2D eigenvalue weighted by Gasteiger charge is -2.49. The van der Waals surface area contributed by atoms with E-state index in [0.717, 1.165) is 19.6 Å². The second kappa shape index (κ2) is 8.84. The van der Waals surface area contributed by atoms with Crippen molar-refractivity contribution in [1.82, 2.24) is 10.2 Å². The molecule has 0 bridgehead atoms. The van der Waals surface area contributed by atoms with Crippen LogP contribution in [0.2, 0.25) is 0 Å². The van der Waals surface area contributed by atoms with Crippen LogP contribution in [-0.2, 0) is 0 Å². The molecule has 0 aliphatic heterocycles. The minimum absolute atomic E-state index is 0.280. The van der Waals surface area contributed by atoms with E-state index in [1.807, 2.05) is 0 Å². The summed E-state index contributed by atoms with van der Waals surface area (Å²) in [7, 11) is 0. The summed E-state index contributed by atoms with van der Waals surface area (Å²) < 4.78 is 0. The molecular formula is C18H36N2. The smallest absolute Gasteiger partial charge is 0.0466 e. The van der Waals surface area contributed by atoms with Crippen LogP contribution in [0, 0.1) is 0 Å². The number of allylic oxidation sites excluding steroid dienone is 1. The van der Waals surface area contributed by atoms with Gasteiger partial charge in [0.25, 0.3) is 0 Å². The first-order valence-corrected chi connectivity index (χ1v) is 8.87. The summed E-state index contributed by atoms with van der Waals surface area (Å²) in [6.07, 6.45) is 10.3. The van der Waals surface area contributed by atoms with Crippen molar-refractivity contribution in [2.75, 3.05) is 19.6 Å². The third-order valence-corrected chi connectivity index (χ3v) is 5.26. The van der Waals surface area contributed by atoms with Crippen molar-refractivity contribution in [2.24, 2.45) is 0 Å². The van der Waals surface area contributed by atoms with Crippen LogP contribution in [0.15, 0.2) is 11.6 Å². The molecule has 0 heterocycles. The molecule has 1 aliphatic carbocycles. The highest BCUT2D eigenvalue weighted by molar-refractivity contribution is 5.21. The largest absolute Gasteiger partial charge is 0.309 e. The van der Waals surface area contributed by atoms with Crippen LogP contribution in [0.25, 0.3) is 0 Å². The van der Waals surface area contributed by atoms with Crippen molar-refractivity contribution in [3.05, 3.63) is 11.6 Å². The summed E-state index contributed by atoms with van der Waals surface area (Å²) in [5.41, 5.74) is 1.96. The molecule has 2 nitrogen and oxygen atoms in total. The average Bonchev–Trinajstić information content (AvgIpc) is 2.52. The van der Waals surface area contributed by atoms with Crippen molar-refractivity contribution in [1.29, 1.82) is 0 Å². The van der Waals surface area contributed by atoms with Crippen LogP contribution in [0.4, 0.5) is 0 Å². The SMILES string of the molecule is CCNC(C1=CCCCC1)C(CC)(CC)N(CC)CC. The Morgan fingerprint density at radius 2 is 1.75 bits per heavy atom. The van der Waals surface area contributed by atoms with Gasteiger partial charge in [-0.3, -0.25) is 4.90 Å². The van der Waals surface area contributed by atoms with E-state index in [0.29, 0.717) is 6.04 Å². The molecule has 0 saturated carbocycles. The van der Waals surface area contributed by atoms with Crippen LogP contribution in [0.3, 0.4) is 0 Å². The molecule has 0 aromatic heterocycles. The maximum absolute atomic E-state index is 3.83. The number of likely N-dealkylation sites (N-methyl/N-ethyl adjacent to an activating group) is 2. The summed E-state index contributed by atoms with van der Waals surface area (Å²) >= 11 is 0. The van der Waals surface area contributed by atoms with Crippen molar-refractivity contribution < 1.29 is 0 Å². The maximum Gasteiger partial charge on any atom is 0.0466 e. The van der Waals surface area contributed by atoms with Gasteiger partial charge in [-0.25, -0.2) is 0 Å². The predicted molar refractivity (Wildman–Crippen MR) is 90.2 cm³/mol. The monoisotopic (exact) mass is 280 g/mol. The van der Waals surface area contributed by atoms with Gasteiger partial charge in [-0.15, -0.1) is 0 Å². The molecule has 0 radical (unpaired) electrons. The number of nitrogens with one attached hydrogen (secondary N) is 1. The predicted octanol–water partition coefficient (Wildman–Crippen LogP) is 4.37. The molecule has 1 unspecified atom stereocenters. The second-order valence-corrected chi connectivity index (χ2v) is 6.00. The van der Waals surface area contributed by atoms with Crippen LogP contribution < -0.4 is 5.32 Å². The van der Waals surface area contributed by atoms with Gasteiger partial charge in [-0.1, -0.05) is 46.3 Å². The van der Waals surface area contributed by atoms with Gasteiger partial charge in [0.15, 0.2) is 0 Å². The molecule has 1 rings (SSSR count). The Hall–Kier alpha value is -0.340. The highest BCUT2D eigenvalue weighted by Gasteiger charge is 2.41. The third kappa shape index (κ3) is 3.65. The molecule has 1 aliphatic rings. The molecule has 1 atom stereocenters. The van der Waals surface area contributed by atoms with E-state index < -0.39 is 0 Å². The van der Waals surface area contributed by atoms with Gasteiger partial charge in [-0.2, -0.15) is 0 Å². The van der Waals surface area contributed by atoms with Crippen LogP contribution in [0.1, 0.15) is 73.1 Å². The minimum Gasteiger partial charge on any atom is -0.309 e. The standard InChI is InChI=1S/C18H36N2/c1-6-18(7-2,20(9-4)10-5)17(19-8-3)16-14-12-11-13-15-16/h14,17,19H,6-13,15H2,1-5H3. The Balaban J connectivity index is 3.12. The van der Waals surface area contributed by atoms with Gasteiger partial charge in [0, 0.05) is 11.6 Å². The highest BCUT2D eigenvalue weighted by Crippen LogP contribution is 2.35. The Labute approximate surface area is 127 Å². The van der Waals surface area contributed by atoms with E-state index >= 15 is 0 Å². The number of rotatable bonds is 9. The first kappa shape index (κ1) is 17.7. The molecule has 0 saturated heterocycles. The van der Waals surface area contributed by atoms with Crippen LogP contribution in [0.5, 0.6) is 0 Å². The zero-order valence-corrected chi connectivity index (χ0v) is 14.5. The molecule has 118 valence electrons. The van der Waals surface area contributed by atoms with E-state index in [4.69, 9.17) is 0 Å². The first-order chi connectivity index (χ1) is 9.69. The van der Waals surface area contributed by atoms with Crippen molar-refractivity contribution >= 4 is 0 Å². The molecule has 0 amide bonds. The lowest BCUT2D eigenvalue weighted by molar-refractivity contribution is 0.0601. The molecule has 0 spiro atoms. The molecule has 0 aromatic carbocycles.